The summed E-state index contributed by atoms with van der Waals surface area (Å²) in [6.07, 6.45) is 2.29. The van der Waals surface area contributed by atoms with E-state index in [-0.39, 0.29) is 29.2 Å². The van der Waals surface area contributed by atoms with Crippen LogP contribution in [0.5, 0.6) is 11.5 Å². The quantitative estimate of drug-likeness (QED) is 0.265. The maximum atomic E-state index is 12.7. The number of ketones is 1. The van der Waals surface area contributed by atoms with Crippen LogP contribution in [0.3, 0.4) is 0 Å². The zero-order chi connectivity index (χ0) is 22.4. The Morgan fingerprint density at radius 1 is 1.10 bits per heavy atom. The lowest BCUT2D eigenvalue weighted by Gasteiger charge is -2.11. The summed E-state index contributed by atoms with van der Waals surface area (Å²) in [5.74, 6) is -1.93. The van der Waals surface area contributed by atoms with E-state index < -0.39 is 30.7 Å². The first-order valence-corrected chi connectivity index (χ1v) is 8.76. The fourth-order valence-electron chi connectivity index (χ4n) is 2.80. The topological polar surface area (TPSA) is 77.6 Å². The molecule has 0 bridgehead atoms. The normalized spacial score (nSPS) is 11.4. The number of benzene rings is 1. The summed E-state index contributed by atoms with van der Waals surface area (Å²) < 4.78 is 63.4. The molecule has 162 valence electrons. The van der Waals surface area contributed by atoms with E-state index in [1.54, 1.807) is 20.8 Å². The highest BCUT2D eigenvalue weighted by atomic mass is 19.3. The Kier molecular flexibility index (Phi) is 7.62. The summed E-state index contributed by atoms with van der Waals surface area (Å²) in [6, 6.07) is 3.19. The van der Waals surface area contributed by atoms with Crippen LogP contribution in [-0.2, 0) is 4.74 Å². The molecule has 1 aromatic carbocycles. The molecular formula is C20H19F4NO5. The zero-order valence-corrected chi connectivity index (χ0v) is 16.3. The first kappa shape index (κ1) is 23.0. The molecule has 10 heteroatoms. The van der Waals surface area contributed by atoms with Gasteiger partial charge in [-0.15, -0.1) is 0 Å². The number of hydrogen-bond donors (Lipinski definition) is 1. The number of aromatic nitrogens is 1. The minimum Gasteiger partial charge on any atom is -0.461 e. The molecule has 0 radical (unpaired) electrons. The van der Waals surface area contributed by atoms with Gasteiger partial charge in [0.2, 0.25) is 0 Å². The summed E-state index contributed by atoms with van der Waals surface area (Å²) in [5.41, 5.74) is 1.21. The summed E-state index contributed by atoms with van der Waals surface area (Å²) in [6.45, 7) is -1.37. The standard InChI is InChI=1S/C20H19F4NO5/c1-4-28-18(27)17-10(2)16(11(3)25-17)14(26)8-6-12-5-7-13(29-19(21)22)9-15(12)30-20(23)24/h5-9,19-20,25H,4H2,1-3H3/b8-6+. The van der Waals surface area contributed by atoms with E-state index in [1.807, 2.05) is 0 Å². The molecule has 2 aromatic rings. The Balaban J connectivity index is 2.33. The molecule has 0 spiro atoms. The van der Waals surface area contributed by atoms with Crippen LogP contribution in [0.4, 0.5) is 17.6 Å². The molecule has 6 nitrogen and oxygen atoms in total. The SMILES string of the molecule is CCOC(=O)c1[nH]c(C)c(C(=O)/C=C/c2ccc(OC(F)F)cc2OC(F)F)c1C. The van der Waals surface area contributed by atoms with Gasteiger partial charge >= 0.3 is 19.2 Å². The van der Waals surface area contributed by atoms with Crippen LogP contribution in [0, 0.1) is 13.8 Å². The van der Waals surface area contributed by atoms with Gasteiger partial charge in [-0.25, -0.2) is 4.79 Å². The van der Waals surface area contributed by atoms with Crippen LogP contribution in [0.25, 0.3) is 6.08 Å². The van der Waals surface area contributed by atoms with E-state index >= 15 is 0 Å². The largest absolute Gasteiger partial charge is 0.461 e. The molecule has 0 aliphatic carbocycles. The Hall–Kier alpha value is -3.30. The Morgan fingerprint density at radius 2 is 1.77 bits per heavy atom. The molecule has 0 atom stereocenters. The molecule has 2 rings (SSSR count). The van der Waals surface area contributed by atoms with E-state index in [0.717, 1.165) is 18.2 Å². The number of halogens is 4. The van der Waals surface area contributed by atoms with E-state index in [0.29, 0.717) is 11.3 Å². The number of alkyl halides is 4. The lowest BCUT2D eigenvalue weighted by atomic mass is 10.0. The summed E-state index contributed by atoms with van der Waals surface area (Å²) in [5, 5.41) is 0. The Labute approximate surface area is 169 Å². The molecule has 30 heavy (non-hydrogen) atoms. The molecular weight excluding hydrogens is 410 g/mol. The molecule has 0 unspecified atom stereocenters. The van der Waals surface area contributed by atoms with Crippen LogP contribution in [0.1, 0.15) is 44.6 Å². The van der Waals surface area contributed by atoms with Crippen molar-refractivity contribution < 1.29 is 41.4 Å². The number of nitrogens with one attached hydrogen (secondary N) is 1. The number of esters is 1. The van der Waals surface area contributed by atoms with Gasteiger partial charge in [0.1, 0.15) is 17.2 Å². The van der Waals surface area contributed by atoms with Gasteiger partial charge < -0.3 is 19.2 Å². The maximum absolute atomic E-state index is 12.7. The average molecular weight is 429 g/mol. The fraction of sp³-hybridized carbons (Fsp3) is 0.300. The van der Waals surface area contributed by atoms with Crippen LogP contribution in [-0.4, -0.2) is 36.6 Å². The number of ether oxygens (including phenoxy) is 3. The van der Waals surface area contributed by atoms with Gasteiger partial charge in [-0.05, 0) is 50.6 Å². The molecule has 1 heterocycles. The third kappa shape index (κ3) is 5.62. The molecule has 0 aliphatic heterocycles. The second kappa shape index (κ2) is 9.95. The van der Waals surface area contributed by atoms with Gasteiger partial charge in [0, 0.05) is 22.9 Å². The second-order valence-corrected chi connectivity index (χ2v) is 6.00. The van der Waals surface area contributed by atoms with Crippen molar-refractivity contribution in [3.63, 3.8) is 0 Å². The predicted molar refractivity (Wildman–Crippen MR) is 99.3 cm³/mol. The third-order valence-electron chi connectivity index (χ3n) is 4.00. The minimum atomic E-state index is -3.21. The first-order chi connectivity index (χ1) is 14.1. The van der Waals surface area contributed by atoms with Gasteiger partial charge in [-0.1, -0.05) is 0 Å². The first-order valence-electron chi connectivity index (χ1n) is 8.76. The second-order valence-electron chi connectivity index (χ2n) is 6.00. The lowest BCUT2D eigenvalue weighted by molar-refractivity contribution is -0.0543. The highest BCUT2D eigenvalue weighted by molar-refractivity contribution is 6.10. The highest BCUT2D eigenvalue weighted by Crippen LogP contribution is 2.29. The predicted octanol–water partition coefficient (Wildman–Crippen LogP) is 4.91. The maximum Gasteiger partial charge on any atom is 0.387 e. The fourth-order valence-corrected chi connectivity index (χ4v) is 2.80. The number of carbonyl (C=O) groups excluding carboxylic acids is 2. The van der Waals surface area contributed by atoms with E-state index in [2.05, 4.69) is 14.5 Å². The van der Waals surface area contributed by atoms with Crippen LogP contribution in [0.15, 0.2) is 24.3 Å². The number of rotatable bonds is 9. The van der Waals surface area contributed by atoms with Crippen molar-refractivity contribution in [1.29, 1.82) is 0 Å². The van der Waals surface area contributed by atoms with E-state index in [9.17, 15) is 27.2 Å². The van der Waals surface area contributed by atoms with Crippen LogP contribution >= 0.6 is 0 Å². The Morgan fingerprint density at radius 3 is 2.37 bits per heavy atom. The zero-order valence-electron chi connectivity index (χ0n) is 16.3. The lowest BCUT2D eigenvalue weighted by Crippen LogP contribution is -2.07. The molecule has 1 aromatic heterocycles. The van der Waals surface area contributed by atoms with Crippen LogP contribution < -0.4 is 9.47 Å². The molecule has 1 N–H and O–H groups in total. The molecule has 0 fully saturated rings. The van der Waals surface area contributed by atoms with Crippen molar-refractivity contribution in [2.24, 2.45) is 0 Å². The number of carbonyl (C=O) groups is 2. The monoisotopic (exact) mass is 429 g/mol. The summed E-state index contributed by atoms with van der Waals surface area (Å²) >= 11 is 0. The van der Waals surface area contributed by atoms with Crippen LogP contribution in [0.2, 0.25) is 0 Å². The van der Waals surface area contributed by atoms with Crippen molar-refractivity contribution >= 4 is 17.8 Å². The van der Waals surface area contributed by atoms with Gasteiger partial charge in [0.05, 0.1) is 6.61 Å². The number of hydrogen-bond acceptors (Lipinski definition) is 5. The minimum absolute atomic E-state index is 0.0433. The Bertz CT molecular complexity index is 953. The van der Waals surface area contributed by atoms with Crippen molar-refractivity contribution in [2.45, 2.75) is 34.0 Å². The smallest absolute Gasteiger partial charge is 0.387 e. The van der Waals surface area contributed by atoms with Gasteiger partial charge in [-0.3, -0.25) is 4.79 Å². The van der Waals surface area contributed by atoms with Crippen molar-refractivity contribution in [3.8, 4) is 11.5 Å². The number of aryl methyl sites for hydroxylation is 1. The number of aromatic amines is 1. The van der Waals surface area contributed by atoms with Crippen molar-refractivity contribution in [1.82, 2.24) is 4.98 Å². The average Bonchev–Trinajstić information content (AvgIpc) is 2.94. The third-order valence-corrected chi connectivity index (χ3v) is 4.00. The van der Waals surface area contributed by atoms with Gasteiger partial charge in [0.15, 0.2) is 5.78 Å². The van der Waals surface area contributed by atoms with Crippen molar-refractivity contribution in [3.05, 3.63) is 52.4 Å². The highest BCUT2D eigenvalue weighted by Gasteiger charge is 2.21. The molecule has 0 aliphatic rings. The van der Waals surface area contributed by atoms with E-state index in [1.165, 1.54) is 12.1 Å². The molecule has 0 saturated heterocycles. The van der Waals surface area contributed by atoms with Gasteiger partial charge in [-0.2, -0.15) is 17.6 Å². The summed E-state index contributed by atoms with van der Waals surface area (Å²) in [4.78, 5) is 27.4. The molecule has 0 amide bonds. The molecule has 0 saturated carbocycles. The number of allylic oxidation sites excluding steroid dienone is 1. The van der Waals surface area contributed by atoms with Crippen molar-refractivity contribution in [2.75, 3.05) is 6.61 Å². The summed E-state index contributed by atoms with van der Waals surface area (Å²) in [7, 11) is 0. The van der Waals surface area contributed by atoms with Gasteiger partial charge in [0.25, 0.3) is 0 Å². The number of H-pyrrole nitrogens is 1. The van der Waals surface area contributed by atoms with E-state index in [4.69, 9.17) is 4.74 Å².